The lowest BCUT2D eigenvalue weighted by molar-refractivity contribution is 0.260. The topological polar surface area (TPSA) is 54.2 Å². The van der Waals surface area contributed by atoms with Crippen LogP contribution >= 0.6 is 0 Å². The van der Waals surface area contributed by atoms with Crippen LogP contribution in [-0.4, -0.2) is 41.7 Å². The summed E-state index contributed by atoms with van der Waals surface area (Å²) in [5.74, 6) is 2.11. The SMILES string of the molecule is CNCC1CCN(Cc2nc(-c3ccc(C)cc3)no2)C1. The van der Waals surface area contributed by atoms with Crippen LogP contribution in [0.1, 0.15) is 17.9 Å². The van der Waals surface area contributed by atoms with Crippen LogP contribution in [0.15, 0.2) is 28.8 Å². The van der Waals surface area contributed by atoms with Crippen LogP contribution in [0.25, 0.3) is 11.4 Å². The van der Waals surface area contributed by atoms with Crippen LogP contribution in [0.2, 0.25) is 0 Å². The molecule has 0 radical (unpaired) electrons. The van der Waals surface area contributed by atoms with E-state index in [2.05, 4.69) is 39.4 Å². The number of nitrogens with zero attached hydrogens (tertiary/aromatic N) is 3. The summed E-state index contributed by atoms with van der Waals surface area (Å²) < 4.78 is 5.39. The van der Waals surface area contributed by atoms with Crippen LogP contribution in [0.4, 0.5) is 0 Å². The summed E-state index contributed by atoms with van der Waals surface area (Å²) in [6.45, 7) is 6.10. The fraction of sp³-hybridized carbons (Fsp3) is 0.500. The van der Waals surface area contributed by atoms with E-state index in [1.165, 1.54) is 12.0 Å². The average Bonchev–Trinajstić information content (AvgIpc) is 3.11. The van der Waals surface area contributed by atoms with E-state index in [1.807, 2.05) is 19.2 Å². The molecule has 1 fully saturated rings. The monoisotopic (exact) mass is 286 g/mol. The van der Waals surface area contributed by atoms with Crippen molar-refractivity contribution in [3.8, 4) is 11.4 Å². The number of likely N-dealkylation sites (tertiary alicyclic amines) is 1. The molecule has 3 rings (SSSR count). The van der Waals surface area contributed by atoms with Gasteiger partial charge in [-0.3, -0.25) is 4.90 Å². The van der Waals surface area contributed by atoms with Gasteiger partial charge in [-0.1, -0.05) is 35.0 Å². The number of hydrogen-bond donors (Lipinski definition) is 1. The maximum Gasteiger partial charge on any atom is 0.241 e. The van der Waals surface area contributed by atoms with Crippen LogP contribution in [-0.2, 0) is 6.54 Å². The Kier molecular flexibility index (Phi) is 4.31. The van der Waals surface area contributed by atoms with Crippen LogP contribution in [0.3, 0.4) is 0 Å². The predicted octanol–water partition coefficient (Wildman–Crippen LogP) is 2.09. The molecular weight excluding hydrogens is 264 g/mol. The molecule has 2 aromatic rings. The first-order valence-corrected chi connectivity index (χ1v) is 7.51. The Morgan fingerprint density at radius 2 is 2.14 bits per heavy atom. The van der Waals surface area contributed by atoms with Crippen molar-refractivity contribution in [3.05, 3.63) is 35.7 Å². The molecule has 0 aliphatic carbocycles. The molecule has 5 heteroatoms. The van der Waals surface area contributed by atoms with Crippen LogP contribution < -0.4 is 5.32 Å². The maximum absolute atomic E-state index is 5.39. The Hall–Kier alpha value is -1.72. The van der Waals surface area contributed by atoms with Gasteiger partial charge in [0.15, 0.2) is 0 Å². The standard InChI is InChI=1S/C16H22N4O/c1-12-3-5-14(6-4-12)16-18-15(21-19-16)11-20-8-7-13(10-20)9-17-2/h3-6,13,17H,7-11H2,1-2H3. The van der Waals surface area contributed by atoms with Crippen molar-refractivity contribution >= 4 is 0 Å². The van der Waals surface area contributed by atoms with E-state index in [-0.39, 0.29) is 0 Å². The normalized spacial score (nSPS) is 19.2. The van der Waals surface area contributed by atoms with E-state index in [0.717, 1.165) is 37.7 Å². The van der Waals surface area contributed by atoms with Gasteiger partial charge in [0, 0.05) is 12.1 Å². The molecule has 1 aliphatic rings. The Labute approximate surface area is 125 Å². The molecular formula is C16H22N4O. The first kappa shape index (κ1) is 14.2. The minimum absolute atomic E-state index is 0.677. The average molecular weight is 286 g/mol. The molecule has 0 spiro atoms. The number of aryl methyl sites for hydroxylation is 1. The second-order valence-electron chi connectivity index (χ2n) is 5.83. The van der Waals surface area contributed by atoms with E-state index >= 15 is 0 Å². The Morgan fingerprint density at radius 3 is 2.90 bits per heavy atom. The van der Waals surface area contributed by atoms with E-state index in [0.29, 0.717) is 11.7 Å². The van der Waals surface area contributed by atoms with Crippen molar-refractivity contribution in [3.63, 3.8) is 0 Å². The highest BCUT2D eigenvalue weighted by atomic mass is 16.5. The summed E-state index contributed by atoms with van der Waals surface area (Å²) in [6, 6.07) is 8.19. The third kappa shape index (κ3) is 3.49. The molecule has 0 bridgehead atoms. The molecule has 0 amide bonds. The number of hydrogen-bond acceptors (Lipinski definition) is 5. The first-order valence-electron chi connectivity index (χ1n) is 7.51. The highest BCUT2D eigenvalue weighted by molar-refractivity contribution is 5.54. The summed E-state index contributed by atoms with van der Waals surface area (Å²) >= 11 is 0. The number of aromatic nitrogens is 2. The fourth-order valence-corrected chi connectivity index (χ4v) is 2.84. The van der Waals surface area contributed by atoms with Gasteiger partial charge in [0.2, 0.25) is 11.7 Å². The van der Waals surface area contributed by atoms with Crippen LogP contribution in [0.5, 0.6) is 0 Å². The van der Waals surface area contributed by atoms with Gasteiger partial charge < -0.3 is 9.84 Å². The van der Waals surface area contributed by atoms with E-state index in [9.17, 15) is 0 Å². The van der Waals surface area contributed by atoms with Crippen LogP contribution in [0, 0.1) is 12.8 Å². The minimum Gasteiger partial charge on any atom is -0.338 e. The largest absolute Gasteiger partial charge is 0.338 e. The van der Waals surface area contributed by atoms with Gasteiger partial charge >= 0.3 is 0 Å². The molecule has 112 valence electrons. The molecule has 1 unspecified atom stereocenters. The molecule has 0 saturated carbocycles. The van der Waals surface area contributed by atoms with Crippen molar-refractivity contribution in [2.24, 2.45) is 5.92 Å². The van der Waals surface area contributed by atoms with Gasteiger partial charge in [-0.2, -0.15) is 4.98 Å². The summed E-state index contributed by atoms with van der Waals surface area (Å²) in [5.41, 5.74) is 2.24. The zero-order valence-electron chi connectivity index (χ0n) is 12.7. The van der Waals surface area contributed by atoms with E-state index in [4.69, 9.17) is 4.52 Å². The summed E-state index contributed by atoms with van der Waals surface area (Å²) in [7, 11) is 2.01. The molecule has 2 heterocycles. The van der Waals surface area contributed by atoms with E-state index in [1.54, 1.807) is 0 Å². The molecule has 1 aromatic heterocycles. The lowest BCUT2D eigenvalue weighted by atomic mass is 10.1. The smallest absolute Gasteiger partial charge is 0.241 e. The van der Waals surface area contributed by atoms with Gasteiger partial charge in [-0.05, 0) is 39.4 Å². The molecule has 5 nitrogen and oxygen atoms in total. The third-order valence-electron chi connectivity index (χ3n) is 4.00. The van der Waals surface area contributed by atoms with Crippen molar-refractivity contribution in [2.45, 2.75) is 19.9 Å². The number of benzene rings is 1. The maximum atomic E-state index is 5.39. The Morgan fingerprint density at radius 1 is 1.33 bits per heavy atom. The summed E-state index contributed by atoms with van der Waals surface area (Å²) in [5, 5.41) is 7.33. The zero-order valence-corrected chi connectivity index (χ0v) is 12.7. The van der Waals surface area contributed by atoms with Crippen molar-refractivity contribution < 1.29 is 4.52 Å². The zero-order chi connectivity index (χ0) is 14.7. The second kappa shape index (κ2) is 6.37. The number of rotatable bonds is 5. The van der Waals surface area contributed by atoms with Gasteiger partial charge in [0.05, 0.1) is 6.54 Å². The number of nitrogens with one attached hydrogen (secondary N) is 1. The molecule has 1 atom stereocenters. The summed E-state index contributed by atoms with van der Waals surface area (Å²) in [6.07, 6.45) is 1.24. The molecule has 1 aromatic carbocycles. The lowest BCUT2D eigenvalue weighted by Crippen LogP contribution is -2.24. The lowest BCUT2D eigenvalue weighted by Gasteiger charge is -2.12. The van der Waals surface area contributed by atoms with E-state index < -0.39 is 0 Å². The van der Waals surface area contributed by atoms with Gasteiger partial charge in [-0.15, -0.1) is 0 Å². The second-order valence-corrected chi connectivity index (χ2v) is 5.83. The van der Waals surface area contributed by atoms with Gasteiger partial charge in [0.25, 0.3) is 0 Å². The molecule has 1 N–H and O–H groups in total. The predicted molar refractivity (Wildman–Crippen MR) is 81.8 cm³/mol. The molecule has 1 aliphatic heterocycles. The third-order valence-corrected chi connectivity index (χ3v) is 4.00. The minimum atomic E-state index is 0.677. The van der Waals surface area contributed by atoms with Crippen molar-refractivity contribution in [1.29, 1.82) is 0 Å². The summed E-state index contributed by atoms with van der Waals surface area (Å²) in [4.78, 5) is 6.89. The Balaban J connectivity index is 1.62. The highest BCUT2D eigenvalue weighted by Crippen LogP contribution is 2.20. The quantitative estimate of drug-likeness (QED) is 0.912. The van der Waals surface area contributed by atoms with Gasteiger partial charge in [0.1, 0.15) is 0 Å². The van der Waals surface area contributed by atoms with Crippen molar-refractivity contribution in [1.82, 2.24) is 20.4 Å². The van der Waals surface area contributed by atoms with Gasteiger partial charge in [-0.25, -0.2) is 0 Å². The molecule has 1 saturated heterocycles. The molecule has 21 heavy (non-hydrogen) atoms. The highest BCUT2D eigenvalue weighted by Gasteiger charge is 2.23. The Bertz CT molecular complexity index is 578. The first-order chi connectivity index (χ1) is 10.2. The van der Waals surface area contributed by atoms with Crippen molar-refractivity contribution in [2.75, 3.05) is 26.7 Å². The fourth-order valence-electron chi connectivity index (χ4n) is 2.84.